The van der Waals surface area contributed by atoms with Crippen molar-refractivity contribution in [1.82, 2.24) is 25.2 Å². The molecule has 206 valence electrons. The molecule has 3 amide bonds. The molecule has 0 bridgehead atoms. The van der Waals surface area contributed by atoms with E-state index in [1.54, 1.807) is 17.8 Å². The van der Waals surface area contributed by atoms with Gasteiger partial charge in [-0.15, -0.1) is 5.10 Å². The molecule has 2 saturated heterocycles. The Kier molecular flexibility index (Phi) is 9.46. The maximum atomic E-state index is 13.5. The van der Waals surface area contributed by atoms with Crippen LogP contribution in [0.1, 0.15) is 64.6 Å². The van der Waals surface area contributed by atoms with Gasteiger partial charge < -0.3 is 30.2 Å². The first-order valence-electron chi connectivity index (χ1n) is 12.8. The fourth-order valence-electron chi connectivity index (χ4n) is 4.98. The Morgan fingerprint density at radius 3 is 2.65 bits per heavy atom. The normalized spacial score (nSPS) is 25.2. The zero-order valence-corrected chi connectivity index (χ0v) is 22.0. The number of primary amides is 1. The second-order valence-corrected chi connectivity index (χ2v) is 9.68. The number of nitrogens with two attached hydrogens (primary N) is 1. The first kappa shape index (κ1) is 28.4. The number of carbonyl (C=O) groups excluding carboxylic acids is 4. The highest BCUT2D eigenvalue weighted by Gasteiger charge is 2.46. The molecule has 1 aromatic rings. The Morgan fingerprint density at radius 1 is 1.30 bits per heavy atom. The SMILES string of the molecule is CCOC(=O)C1(Cc2cn([C@H]3C[C@@H](C(=O)OC)N(C(=O)[C@@H](NC(N)=O)[C@@H](C)CC)C3)nn2)CCCCO1. The lowest BCUT2D eigenvalue weighted by atomic mass is 9.89. The van der Waals surface area contributed by atoms with Crippen LogP contribution in [0.5, 0.6) is 0 Å². The van der Waals surface area contributed by atoms with Gasteiger partial charge in [-0.2, -0.15) is 0 Å². The van der Waals surface area contributed by atoms with Crippen LogP contribution in [-0.4, -0.2) is 88.3 Å². The molecule has 3 rings (SSSR count). The summed E-state index contributed by atoms with van der Waals surface area (Å²) in [7, 11) is 1.26. The van der Waals surface area contributed by atoms with E-state index in [9.17, 15) is 19.2 Å². The van der Waals surface area contributed by atoms with Crippen molar-refractivity contribution in [2.24, 2.45) is 11.7 Å². The minimum Gasteiger partial charge on any atom is -0.467 e. The molecule has 37 heavy (non-hydrogen) atoms. The molecule has 2 aliphatic heterocycles. The van der Waals surface area contributed by atoms with E-state index < -0.39 is 41.6 Å². The summed E-state index contributed by atoms with van der Waals surface area (Å²) in [5.41, 5.74) is 4.75. The summed E-state index contributed by atoms with van der Waals surface area (Å²) in [5.74, 6) is -1.59. The average molecular weight is 523 g/mol. The Bertz CT molecular complexity index is 977. The largest absolute Gasteiger partial charge is 0.467 e. The standard InChI is InChI=1S/C24H38N6O7/c1-5-15(3)19(26-23(25)34)20(31)29-14-17(11-18(29)21(32)35-4)30-13-16(27-28-30)12-24(22(33)36-6-2)9-7-8-10-37-24/h13,15,17-19H,5-12,14H2,1-4H3,(H3,25,26,34)/t15-,17-,18-,19-,24?/m0/s1. The van der Waals surface area contributed by atoms with Gasteiger partial charge in [-0.05, 0) is 32.1 Å². The molecule has 1 aromatic heterocycles. The minimum absolute atomic E-state index is 0.161. The molecule has 13 nitrogen and oxygen atoms in total. The zero-order chi connectivity index (χ0) is 27.2. The van der Waals surface area contributed by atoms with Crippen LogP contribution in [0.4, 0.5) is 4.79 Å². The van der Waals surface area contributed by atoms with Crippen molar-refractivity contribution in [3.05, 3.63) is 11.9 Å². The Labute approximate surface area is 216 Å². The third-order valence-corrected chi connectivity index (χ3v) is 7.21. The summed E-state index contributed by atoms with van der Waals surface area (Å²) in [6.45, 7) is 6.35. The number of esters is 2. The Hall–Kier alpha value is -3.22. The quantitative estimate of drug-likeness (QED) is 0.421. The van der Waals surface area contributed by atoms with Crippen LogP contribution in [0.15, 0.2) is 6.20 Å². The number of hydrogen-bond acceptors (Lipinski definition) is 9. The van der Waals surface area contributed by atoms with Crippen molar-refractivity contribution in [2.45, 2.75) is 83.0 Å². The van der Waals surface area contributed by atoms with Gasteiger partial charge in [0.25, 0.3) is 0 Å². The maximum absolute atomic E-state index is 13.5. The van der Waals surface area contributed by atoms with Gasteiger partial charge in [-0.1, -0.05) is 25.5 Å². The second kappa shape index (κ2) is 12.3. The number of carbonyl (C=O) groups is 4. The number of likely N-dealkylation sites (tertiary alicyclic amines) is 1. The highest BCUT2D eigenvalue weighted by Crippen LogP contribution is 2.32. The average Bonchev–Trinajstić information content (AvgIpc) is 3.54. The topological polar surface area (TPSA) is 168 Å². The second-order valence-electron chi connectivity index (χ2n) is 9.68. The number of methoxy groups -OCH3 is 1. The summed E-state index contributed by atoms with van der Waals surface area (Å²) in [4.78, 5) is 51.8. The molecule has 3 heterocycles. The van der Waals surface area contributed by atoms with Gasteiger partial charge in [-0.3, -0.25) is 4.79 Å². The third kappa shape index (κ3) is 6.38. The number of hydrogen-bond donors (Lipinski definition) is 2. The first-order chi connectivity index (χ1) is 17.7. The van der Waals surface area contributed by atoms with Gasteiger partial charge in [0, 0.05) is 32.2 Å². The molecule has 0 radical (unpaired) electrons. The van der Waals surface area contributed by atoms with Gasteiger partial charge >= 0.3 is 18.0 Å². The fourth-order valence-corrected chi connectivity index (χ4v) is 4.98. The summed E-state index contributed by atoms with van der Waals surface area (Å²) in [6.07, 6.45) is 5.03. The molecular weight excluding hydrogens is 484 g/mol. The van der Waals surface area contributed by atoms with Crippen molar-refractivity contribution in [3.63, 3.8) is 0 Å². The molecule has 0 aliphatic carbocycles. The van der Waals surface area contributed by atoms with Crippen LogP contribution in [0.25, 0.3) is 0 Å². The number of urea groups is 1. The lowest BCUT2D eigenvalue weighted by molar-refractivity contribution is -0.178. The van der Waals surface area contributed by atoms with Gasteiger partial charge in [0.2, 0.25) is 5.91 Å². The lowest BCUT2D eigenvalue weighted by Gasteiger charge is -2.34. The van der Waals surface area contributed by atoms with Crippen LogP contribution >= 0.6 is 0 Å². The first-order valence-corrected chi connectivity index (χ1v) is 12.8. The lowest BCUT2D eigenvalue weighted by Crippen LogP contribution is -2.55. The van der Waals surface area contributed by atoms with Crippen LogP contribution in [0.3, 0.4) is 0 Å². The van der Waals surface area contributed by atoms with E-state index in [1.165, 1.54) is 12.0 Å². The molecule has 0 saturated carbocycles. The van der Waals surface area contributed by atoms with Crippen LogP contribution in [0.2, 0.25) is 0 Å². The molecule has 0 aromatic carbocycles. The smallest absolute Gasteiger partial charge is 0.338 e. The third-order valence-electron chi connectivity index (χ3n) is 7.21. The fraction of sp³-hybridized carbons (Fsp3) is 0.750. The summed E-state index contributed by atoms with van der Waals surface area (Å²) >= 11 is 0. The van der Waals surface area contributed by atoms with Gasteiger partial charge in [-0.25, -0.2) is 19.1 Å². The minimum atomic E-state index is -1.11. The number of rotatable bonds is 10. The van der Waals surface area contributed by atoms with Crippen molar-refractivity contribution in [2.75, 3.05) is 26.9 Å². The summed E-state index contributed by atoms with van der Waals surface area (Å²) in [5, 5.41) is 11.0. The molecule has 2 aliphatic rings. The van der Waals surface area contributed by atoms with Crippen molar-refractivity contribution in [1.29, 1.82) is 0 Å². The summed E-state index contributed by atoms with van der Waals surface area (Å²) in [6, 6.07) is -2.92. The maximum Gasteiger partial charge on any atom is 0.338 e. The van der Waals surface area contributed by atoms with Gasteiger partial charge in [0.1, 0.15) is 12.1 Å². The van der Waals surface area contributed by atoms with Gasteiger partial charge in [0.05, 0.1) is 25.5 Å². The van der Waals surface area contributed by atoms with E-state index in [4.69, 9.17) is 19.9 Å². The summed E-state index contributed by atoms with van der Waals surface area (Å²) < 4.78 is 17.7. The molecule has 13 heteroatoms. The van der Waals surface area contributed by atoms with Crippen molar-refractivity contribution >= 4 is 23.9 Å². The molecule has 2 fully saturated rings. The van der Waals surface area contributed by atoms with Gasteiger partial charge in [0.15, 0.2) is 5.60 Å². The predicted molar refractivity (Wildman–Crippen MR) is 130 cm³/mol. The monoisotopic (exact) mass is 522 g/mol. The van der Waals surface area contributed by atoms with E-state index in [0.717, 1.165) is 12.8 Å². The zero-order valence-electron chi connectivity index (χ0n) is 22.0. The number of aromatic nitrogens is 3. The molecule has 0 spiro atoms. The van der Waals surface area contributed by atoms with E-state index >= 15 is 0 Å². The number of nitrogens with zero attached hydrogens (tertiary/aromatic N) is 4. The highest BCUT2D eigenvalue weighted by molar-refractivity contribution is 5.91. The Morgan fingerprint density at radius 2 is 2.05 bits per heavy atom. The van der Waals surface area contributed by atoms with E-state index in [0.29, 0.717) is 25.1 Å². The van der Waals surface area contributed by atoms with Crippen molar-refractivity contribution < 1.29 is 33.4 Å². The number of ether oxygens (including phenoxy) is 3. The molecule has 1 unspecified atom stereocenters. The highest BCUT2D eigenvalue weighted by atomic mass is 16.6. The van der Waals surface area contributed by atoms with E-state index in [2.05, 4.69) is 15.6 Å². The molecular formula is C24H38N6O7. The molecule has 5 atom stereocenters. The molecule has 3 N–H and O–H groups in total. The van der Waals surface area contributed by atoms with Crippen LogP contribution in [0, 0.1) is 5.92 Å². The van der Waals surface area contributed by atoms with E-state index in [1.807, 2.05) is 13.8 Å². The van der Waals surface area contributed by atoms with Crippen molar-refractivity contribution in [3.8, 4) is 0 Å². The van der Waals surface area contributed by atoms with Crippen LogP contribution < -0.4 is 11.1 Å². The Balaban J connectivity index is 1.81. The number of amides is 3. The van der Waals surface area contributed by atoms with Crippen LogP contribution in [-0.2, 0) is 35.0 Å². The number of nitrogens with one attached hydrogen (secondary N) is 1. The predicted octanol–water partition coefficient (Wildman–Crippen LogP) is 0.721. The van der Waals surface area contributed by atoms with E-state index in [-0.39, 0.29) is 38.0 Å².